The summed E-state index contributed by atoms with van der Waals surface area (Å²) >= 11 is 0. The molecule has 0 fully saturated rings. The molecule has 0 saturated heterocycles. The van der Waals surface area contributed by atoms with Crippen LogP contribution in [0.25, 0.3) is 6.08 Å². The first-order valence-corrected chi connectivity index (χ1v) is 10.4. The topological polar surface area (TPSA) is 71.1 Å². The van der Waals surface area contributed by atoms with Crippen molar-refractivity contribution in [2.24, 2.45) is 0 Å². The highest BCUT2D eigenvalue weighted by atomic mass is 16.5. The number of hydrogen-bond donors (Lipinski definition) is 0. The van der Waals surface area contributed by atoms with Gasteiger partial charge in [0.2, 0.25) is 5.78 Å². The number of ether oxygens (including phenoxy) is 4. The Morgan fingerprint density at radius 2 is 1.73 bits per heavy atom. The van der Waals surface area contributed by atoms with Crippen molar-refractivity contribution >= 4 is 17.8 Å². The zero-order valence-electron chi connectivity index (χ0n) is 18.0. The summed E-state index contributed by atoms with van der Waals surface area (Å²) in [6, 6.07) is 19.0. The number of methoxy groups -OCH3 is 1. The van der Waals surface area contributed by atoms with Crippen LogP contribution in [-0.4, -0.2) is 25.0 Å². The van der Waals surface area contributed by atoms with Crippen molar-refractivity contribution < 1.29 is 28.5 Å². The van der Waals surface area contributed by atoms with Crippen molar-refractivity contribution in [1.29, 1.82) is 0 Å². The van der Waals surface area contributed by atoms with E-state index in [0.717, 1.165) is 16.9 Å². The molecule has 0 aliphatic carbocycles. The number of rotatable bonds is 4. The molecular weight excluding hydrogens is 420 g/mol. The smallest absolute Gasteiger partial charge is 0.343 e. The molecule has 5 rings (SSSR count). The minimum Gasteiger partial charge on any atom is -0.497 e. The molecule has 33 heavy (non-hydrogen) atoms. The van der Waals surface area contributed by atoms with Gasteiger partial charge in [0.25, 0.3) is 0 Å². The summed E-state index contributed by atoms with van der Waals surface area (Å²) in [5, 5.41) is 0. The van der Waals surface area contributed by atoms with Gasteiger partial charge in [0.05, 0.1) is 18.2 Å². The summed E-state index contributed by atoms with van der Waals surface area (Å²) in [5.74, 6) is 1.52. The van der Waals surface area contributed by atoms with Crippen LogP contribution in [0.5, 0.6) is 23.0 Å². The van der Waals surface area contributed by atoms with E-state index in [1.54, 1.807) is 55.7 Å². The summed E-state index contributed by atoms with van der Waals surface area (Å²) in [6.45, 7) is 1.92. The number of carbonyl (C=O) groups excluding carboxylic acids is 2. The molecule has 0 radical (unpaired) electrons. The zero-order chi connectivity index (χ0) is 22.9. The minimum atomic E-state index is -0.519. The molecule has 1 unspecified atom stereocenters. The average Bonchev–Trinajstić information content (AvgIpc) is 3.14. The second-order valence-electron chi connectivity index (χ2n) is 7.66. The standard InChI is InChI=1S/C27H20O6/c1-16-19(13-18-5-3-4-6-23(18)31-16)14-25-26(28)22-12-11-21(15-24(22)33-25)32-27(29)17-7-9-20(30-2)10-8-17/h3-16H,1-2H3. The molecule has 2 aliphatic rings. The number of esters is 1. The first-order valence-electron chi connectivity index (χ1n) is 10.4. The Morgan fingerprint density at radius 1 is 0.970 bits per heavy atom. The van der Waals surface area contributed by atoms with E-state index >= 15 is 0 Å². The van der Waals surface area contributed by atoms with Gasteiger partial charge in [0.1, 0.15) is 29.1 Å². The molecule has 1 atom stereocenters. The van der Waals surface area contributed by atoms with Crippen molar-refractivity contribution in [2.75, 3.05) is 7.11 Å². The molecule has 6 heteroatoms. The predicted octanol–water partition coefficient (Wildman–Crippen LogP) is 5.24. The van der Waals surface area contributed by atoms with Gasteiger partial charge >= 0.3 is 5.97 Å². The minimum absolute atomic E-state index is 0.199. The van der Waals surface area contributed by atoms with Crippen molar-refractivity contribution in [3.8, 4) is 23.0 Å². The SMILES string of the molecule is COc1ccc(C(=O)Oc2ccc3c(c2)OC(=CC2=Cc4ccccc4OC2C)C3=O)cc1. The van der Waals surface area contributed by atoms with Gasteiger partial charge in [-0.2, -0.15) is 0 Å². The Labute approximate surface area is 190 Å². The van der Waals surface area contributed by atoms with Gasteiger partial charge in [-0.25, -0.2) is 4.79 Å². The fraction of sp³-hybridized carbons (Fsp3) is 0.111. The number of Topliss-reactive ketones (excluding diaryl/α,β-unsaturated/α-hetero) is 1. The van der Waals surface area contributed by atoms with E-state index in [0.29, 0.717) is 22.6 Å². The second kappa shape index (κ2) is 8.31. The molecule has 0 amide bonds. The Morgan fingerprint density at radius 3 is 2.52 bits per heavy atom. The lowest BCUT2D eigenvalue weighted by atomic mass is 10.0. The number of fused-ring (bicyclic) bond motifs is 2. The summed E-state index contributed by atoms with van der Waals surface area (Å²) < 4.78 is 22.3. The van der Waals surface area contributed by atoms with Crippen LogP contribution < -0.4 is 18.9 Å². The molecule has 0 spiro atoms. The van der Waals surface area contributed by atoms with E-state index in [4.69, 9.17) is 18.9 Å². The summed E-state index contributed by atoms with van der Waals surface area (Å²) in [6.07, 6.45) is 3.46. The maximum Gasteiger partial charge on any atom is 0.343 e. The van der Waals surface area contributed by atoms with E-state index in [9.17, 15) is 9.59 Å². The van der Waals surface area contributed by atoms with Gasteiger partial charge in [0, 0.05) is 11.6 Å². The summed E-state index contributed by atoms with van der Waals surface area (Å²) in [5.41, 5.74) is 2.57. The van der Waals surface area contributed by atoms with Gasteiger partial charge in [-0.1, -0.05) is 18.2 Å². The molecule has 0 N–H and O–H groups in total. The number of benzene rings is 3. The maximum absolute atomic E-state index is 12.9. The molecule has 164 valence electrons. The normalized spacial score (nSPS) is 17.4. The molecule has 3 aromatic rings. The molecule has 2 heterocycles. The lowest BCUT2D eigenvalue weighted by Gasteiger charge is -2.22. The van der Waals surface area contributed by atoms with Gasteiger partial charge in [-0.3, -0.25) is 4.79 Å². The Bertz CT molecular complexity index is 1320. The van der Waals surface area contributed by atoms with E-state index in [1.165, 1.54) is 0 Å². The number of hydrogen-bond acceptors (Lipinski definition) is 6. The van der Waals surface area contributed by atoms with Crippen LogP contribution in [0.2, 0.25) is 0 Å². The van der Waals surface area contributed by atoms with E-state index < -0.39 is 5.97 Å². The van der Waals surface area contributed by atoms with Gasteiger partial charge < -0.3 is 18.9 Å². The summed E-state index contributed by atoms with van der Waals surface area (Å²) in [7, 11) is 1.55. The largest absolute Gasteiger partial charge is 0.497 e. The Balaban J connectivity index is 1.36. The third kappa shape index (κ3) is 3.99. The van der Waals surface area contributed by atoms with Gasteiger partial charge in [-0.15, -0.1) is 0 Å². The molecule has 3 aromatic carbocycles. The van der Waals surface area contributed by atoms with Gasteiger partial charge in [-0.05, 0) is 67.1 Å². The lowest BCUT2D eigenvalue weighted by Crippen LogP contribution is -2.18. The number of carbonyl (C=O) groups is 2. The molecule has 0 aromatic heterocycles. The molecular formula is C27H20O6. The third-order valence-corrected chi connectivity index (χ3v) is 5.49. The number of para-hydroxylation sites is 1. The van der Waals surface area contributed by atoms with Crippen molar-refractivity contribution in [3.63, 3.8) is 0 Å². The van der Waals surface area contributed by atoms with Crippen LogP contribution in [0.4, 0.5) is 0 Å². The molecule has 6 nitrogen and oxygen atoms in total. The highest BCUT2D eigenvalue weighted by molar-refractivity contribution is 6.12. The van der Waals surface area contributed by atoms with E-state index in [2.05, 4.69) is 0 Å². The molecule has 0 saturated carbocycles. The monoisotopic (exact) mass is 440 g/mol. The number of ketones is 1. The zero-order valence-corrected chi connectivity index (χ0v) is 18.0. The van der Waals surface area contributed by atoms with Crippen molar-refractivity contribution in [2.45, 2.75) is 13.0 Å². The van der Waals surface area contributed by atoms with Crippen LogP contribution in [0, 0.1) is 0 Å². The highest BCUT2D eigenvalue weighted by Crippen LogP contribution is 2.36. The third-order valence-electron chi connectivity index (χ3n) is 5.49. The van der Waals surface area contributed by atoms with Crippen LogP contribution >= 0.6 is 0 Å². The van der Waals surface area contributed by atoms with Gasteiger partial charge in [0.15, 0.2) is 5.76 Å². The molecule has 2 aliphatic heterocycles. The van der Waals surface area contributed by atoms with Crippen molar-refractivity contribution in [1.82, 2.24) is 0 Å². The van der Waals surface area contributed by atoms with Crippen LogP contribution in [0.1, 0.15) is 33.2 Å². The maximum atomic E-state index is 12.9. The highest BCUT2D eigenvalue weighted by Gasteiger charge is 2.29. The Hall–Kier alpha value is -4.32. The average molecular weight is 440 g/mol. The van der Waals surface area contributed by atoms with Crippen LogP contribution in [0.15, 0.2) is 84.1 Å². The first-order chi connectivity index (χ1) is 16.0. The quantitative estimate of drug-likeness (QED) is 0.314. The molecule has 0 bridgehead atoms. The number of allylic oxidation sites excluding steroid dienone is 1. The Kier molecular flexibility index (Phi) is 5.18. The first kappa shape index (κ1) is 20.6. The van der Waals surface area contributed by atoms with Crippen molar-refractivity contribution in [3.05, 3.63) is 101 Å². The fourth-order valence-corrected chi connectivity index (χ4v) is 3.70. The van der Waals surface area contributed by atoms with Crippen LogP contribution in [-0.2, 0) is 0 Å². The second-order valence-corrected chi connectivity index (χ2v) is 7.66. The predicted molar refractivity (Wildman–Crippen MR) is 122 cm³/mol. The van der Waals surface area contributed by atoms with Crippen LogP contribution in [0.3, 0.4) is 0 Å². The summed E-state index contributed by atoms with van der Waals surface area (Å²) in [4.78, 5) is 25.3. The fourth-order valence-electron chi connectivity index (χ4n) is 3.70. The lowest BCUT2D eigenvalue weighted by molar-refractivity contribution is 0.0734. The van der Waals surface area contributed by atoms with E-state index in [1.807, 2.05) is 37.3 Å². The van der Waals surface area contributed by atoms with E-state index in [-0.39, 0.29) is 23.4 Å².